The van der Waals surface area contributed by atoms with Crippen LogP contribution in [0.5, 0.6) is 0 Å². The summed E-state index contributed by atoms with van der Waals surface area (Å²) in [5.41, 5.74) is -1.10. The molecule has 2 aromatic rings. The highest BCUT2D eigenvalue weighted by Crippen LogP contribution is 2.41. The largest absolute Gasteiger partial charge is 0.419 e. The van der Waals surface area contributed by atoms with Crippen LogP contribution in [0.15, 0.2) is 18.5 Å². The summed E-state index contributed by atoms with van der Waals surface area (Å²) in [6, 6.07) is 2.39. The Morgan fingerprint density at radius 1 is 1.18 bits per heavy atom. The first-order valence-electron chi connectivity index (χ1n) is 4.20. The van der Waals surface area contributed by atoms with E-state index in [0.29, 0.717) is 0 Å². The number of halogens is 5. The van der Waals surface area contributed by atoms with Gasteiger partial charge in [-0.05, 0) is 22.6 Å². The number of alkyl halides is 3. The summed E-state index contributed by atoms with van der Waals surface area (Å²) in [5.74, 6) is 0. The molecule has 0 aliphatic heterocycles. The molecule has 90 valence electrons. The van der Waals surface area contributed by atoms with Gasteiger partial charge in [-0.3, -0.25) is 0 Å². The van der Waals surface area contributed by atoms with Gasteiger partial charge in [-0.2, -0.15) is 17.9 Å². The highest BCUT2D eigenvalue weighted by Gasteiger charge is 2.37. The van der Waals surface area contributed by atoms with E-state index in [-0.39, 0.29) is 5.69 Å². The van der Waals surface area contributed by atoms with Crippen molar-refractivity contribution in [2.75, 3.05) is 0 Å². The predicted octanol–water partition coefficient (Wildman–Crippen LogP) is 2.99. The molecule has 0 unspecified atom stereocenters. The Morgan fingerprint density at radius 2 is 1.88 bits per heavy atom. The fourth-order valence-electron chi connectivity index (χ4n) is 1.25. The van der Waals surface area contributed by atoms with E-state index in [9.17, 15) is 13.2 Å². The summed E-state index contributed by atoms with van der Waals surface area (Å²) >= 11 is 11.2. The molecule has 1 aromatic heterocycles. The van der Waals surface area contributed by atoms with Crippen molar-refractivity contribution in [3.05, 3.63) is 34.1 Å². The summed E-state index contributed by atoms with van der Waals surface area (Å²) in [5, 5.41) is 9.07. The highest BCUT2D eigenvalue weighted by atomic mass is 35.5. The first-order chi connectivity index (χ1) is 7.91. The number of benzene rings is 1. The van der Waals surface area contributed by atoms with Gasteiger partial charge in [0.1, 0.15) is 6.33 Å². The van der Waals surface area contributed by atoms with Crippen LogP contribution in [0.4, 0.5) is 13.2 Å². The summed E-state index contributed by atoms with van der Waals surface area (Å²) in [4.78, 5) is 0. The van der Waals surface area contributed by atoms with Crippen molar-refractivity contribution in [2.45, 2.75) is 6.18 Å². The molecule has 0 atom stereocenters. The lowest BCUT2D eigenvalue weighted by molar-refractivity contribution is -0.137. The smallest absolute Gasteiger partial charge is 0.199 e. The van der Waals surface area contributed by atoms with E-state index in [1.165, 1.54) is 6.07 Å². The second-order valence-electron chi connectivity index (χ2n) is 3.01. The SMILES string of the molecule is FC(F)(F)c1c(Cl)ccc(-n2cnnn2)c1Cl. The van der Waals surface area contributed by atoms with Gasteiger partial charge in [0.2, 0.25) is 0 Å². The van der Waals surface area contributed by atoms with Crippen LogP contribution in [0.2, 0.25) is 10.0 Å². The number of hydrogen-bond donors (Lipinski definition) is 0. The molecule has 0 saturated carbocycles. The Bertz CT molecular complexity index is 538. The number of tetrazole rings is 1. The molecular weight excluding hydrogens is 280 g/mol. The van der Waals surface area contributed by atoms with E-state index < -0.39 is 21.8 Å². The van der Waals surface area contributed by atoms with Crippen molar-refractivity contribution in [3.63, 3.8) is 0 Å². The molecule has 4 nitrogen and oxygen atoms in total. The van der Waals surface area contributed by atoms with Crippen LogP contribution >= 0.6 is 23.2 Å². The van der Waals surface area contributed by atoms with Crippen LogP contribution < -0.4 is 0 Å². The number of aromatic nitrogens is 4. The van der Waals surface area contributed by atoms with Crippen molar-refractivity contribution >= 4 is 23.2 Å². The van der Waals surface area contributed by atoms with E-state index in [0.717, 1.165) is 17.1 Å². The standard InChI is InChI=1S/C8H3Cl2F3N4/c9-4-1-2-5(17-3-14-15-16-17)7(10)6(4)8(11,12)13/h1-3H. The van der Waals surface area contributed by atoms with Gasteiger partial charge < -0.3 is 0 Å². The maximum absolute atomic E-state index is 12.7. The molecule has 9 heteroatoms. The van der Waals surface area contributed by atoms with Gasteiger partial charge in [-0.1, -0.05) is 23.2 Å². The van der Waals surface area contributed by atoms with E-state index in [4.69, 9.17) is 23.2 Å². The minimum Gasteiger partial charge on any atom is -0.199 e. The molecule has 0 aliphatic carbocycles. The lowest BCUT2D eigenvalue weighted by Gasteiger charge is -2.13. The van der Waals surface area contributed by atoms with Gasteiger partial charge >= 0.3 is 6.18 Å². The second kappa shape index (κ2) is 4.15. The molecule has 1 aromatic carbocycles. The zero-order valence-corrected chi connectivity index (χ0v) is 9.42. The number of rotatable bonds is 1. The predicted molar refractivity (Wildman–Crippen MR) is 54.2 cm³/mol. The summed E-state index contributed by atoms with van der Waals surface area (Å²) < 4.78 is 39.1. The minimum atomic E-state index is -4.64. The molecule has 0 spiro atoms. The van der Waals surface area contributed by atoms with E-state index in [2.05, 4.69) is 15.5 Å². The molecule has 17 heavy (non-hydrogen) atoms. The van der Waals surface area contributed by atoms with Crippen LogP contribution in [0, 0.1) is 0 Å². The normalized spacial score (nSPS) is 11.8. The zero-order chi connectivity index (χ0) is 12.6. The van der Waals surface area contributed by atoms with Crippen molar-refractivity contribution in [1.82, 2.24) is 20.2 Å². The van der Waals surface area contributed by atoms with Crippen LogP contribution in [0.1, 0.15) is 5.56 Å². The Balaban J connectivity index is 2.66. The Labute approximate surface area is 103 Å². The van der Waals surface area contributed by atoms with Crippen LogP contribution in [0.3, 0.4) is 0 Å². The second-order valence-corrected chi connectivity index (χ2v) is 3.79. The average molecular weight is 283 g/mol. The highest BCUT2D eigenvalue weighted by molar-refractivity contribution is 6.37. The quantitative estimate of drug-likeness (QED) is 0.808. The first kappa shape index (κ1) is 12.1. The maximum Gasteiger partial charge on any atom is 0.419 e. The molecule has 0 fully saturated rings. The summed E-state index contributed by atoms with van der Waals surface area (Å²) in [6.07, 6.45) is -3.51. The van der Waals surface area contributed by atoms with Gasteiger partial charge in [0, 0.05) is 0 Å². The lowest BCUT2D eigenvalue weighted by atomic mass is 10.2. The summed E-state index contributed by atoms with van der Waals surface area (Å²) in [7, 11) is 0. The first-order valence-corrected chi connectivity index (χ1v) is 4.95. The van der Waals surface area contributed by atoms with E-state index in [1.54, 1.807) is 0 Å². The van der Waals surface area contributed by atoms with Crippen molar-refractivity contribution in [3.8, 4) is 5.69 Å². The van der Waals surface area contributed by atoms with Crippen LogP contribution in [0.25, 0.3) is 5.69 Å². The number of hydrogen-bond acceptors (Lipinski definition) is 3. The van der Waals surface area contributed by atoms with Crippen LogP contribution in [-0.2, 0) is 6.18 Å². The Hall–Kier alpha value is -1.34. The van der Waals surface area contributed by atoms with Gasteiger partial charge in [0.05, 0.1) is 21.3 Å². The third-order valence-corrected chi connectivity index (χ3v) is 2.65. The minimum absolute atomic E-state index is 0.00777. The molecular formula is C8H3Cl2F3N4. The molecule has 2 rings (SSSR count). The molecule has 0 bridgehead atoms. The van der Waals surface area contributed by atoms with E-state index >= 15 is 0 Å². The van der Waals surface area contributed by atoms with Gasteiger partial charge in [-0.25, -0.2) is 0 Å². The van der Waals surface area contributed by atoms with Gasteiger partial charge in [0.25, 0.3) is 0 Å². The van der Waals surface area contributed by atoms with Crippen molar-refractivity contribution < 1.29 is 13.2 Å². The molecule has 0 N–H and O–H groups in total. The Morgan fingerprint density at radius 3 is 2.41 bits per heavy atom. The fraction of sp³-hybridized carbons (Fsp3) is 0.125. The van der Waals surface area contributed by atoms with Crippen LogP contribution in [-0.4, -0.2) is 20.2 Å². The van der Waals surface area contributed by atoms with Gasteiger partial charge in [-0.15, -0.1) is 5.10 Å². The molecule has 0 radical (unpaired) electrons. The molecule has 0 amide bonds. The van der Waals surface area contributed by atoms with Crippen molar-refractivity contribution in [2.24, 2.45) is 0 Å². The third kappa shape index (κ3) is 2.20. The molecule has 1 heterocycles. The van der Waals surface area contributed by atoms with E-state index in [1.807, 2.05) is 0 Å². The topological polar surface area (TPSA) is 43.6 Å². The monoisotopic (exact) mass is 282 g/mol. The number of nitrogens with zero attached hydrogens (tertiary/aromatic N) is 4. The Kier molecular flexibility index (Phi) is 2.96. The third-order valence-electron chi connectivity index (χ3n) is 1.95. The molecule has 0 saturated heterocycles. The average Bonchev–Trinajstić information content (AvgIpc) is 2.68. The maximum atomic E-state index is 12.7. The fourth-order valence-corrected chi connectivity index (χ4v) is 1.92. The lowest BCUT2D eigenvalue weighted by Crippen LogP contribution is -2.09. The zero-order valence-electron chi connectivity index (χ0n) is 7.91. The molecule has 0 aliphatic rings. The summed E-state index contributed by atoms with van der Waals surface area (Å²) in [6.45, 7) is 0. The van der Waals surface area contributed by atoms with Crippen molar-refractivity contribution in [1.29, 1.82) is 0 Å². The van der Waals surface area contributed by atoms with Gasteiger partial charge in [0.15, 0.2) is 0 Å².